The molecule has 0 aliphatic carbocycles. The summed E-state index contributed by atoms with van der Waals surface area (Å²) in [6.07, 6.45) is 2.83. The van der Waals surface area contributed by atoms with Crippen LogP contribution in [0.1, 0.15) is 22.8 Å². The van der Waals surface area contributed by atoms with Crippen LogP contribution in [0, 0.1) is 0 Å². The van der Waals surface area contributed by atoms with Gasteiger partial charge in [-0.2, -0.15) is 4.31 Å². The van der Waals surface area contributed by atoms with Gasteiger partial charge in [0.2, 0.25) is 10.0 Å². The molecule has 0 saturated carbocycles. The summed E-state index contributed by atoms with van der Waals surface area (Å²) in [5.41, 5.74) is 2.22. The second-order valence-corrected chi connectivity index (χ2v) is 8.51. The maximum atomic E-state index is 13.3. The molecular formula is C21H20N2O3S. The van der Waals surface area contributed by atoms with Crippen LogP contribution in [0.15, 0.2) is 84.0 Å². The average molecular weight is 380 g/mol. The first-order valence-electron chi connectivity index (χ1n) is 8.79. The molecule has 0 saturated heterocycles. The Balaban J connectivity index is 1.80. The van der Waals surface area contributed by atoms with Crippen LogP contribution >= 0.6 is 0 Å². The maximum Gasteiger partial charge on any atom is 0.244 e. The lowest BCUT2D eigenvalue weighted by Crippen LogP contribution is -2.48. The molecule has 6 heteroatoms. The van der Waals surface area contributed by atoms with E-state index in [9.17, 15) is 13.5 Å². The van der Waals surface area contributed by atoms with E-state index in [1.807, 2.05) is 36.4 Å². The summed E-state index contributed by atoms with van der Waals surface area (Å²) in [4.78, 5) is 4.26. The predicted octanol–water partition coefficient (Wildman–Crippen LogP) is 2.93. The highest BCUT2D eigenvalue weighted by Crippen LogP contribution is 2.38. The average Bonchev–Trinajstić information content (AvgIpc) is 2.71. The van der Waals surface area contributed by atoms with Gasteiger partial charge in [-0.05, 0) is 29.7 Å². The quantitative estimate of drug-likeness (QED) is 0.756. The molecule has 1 aliphatic heterocycles. The lowest BCUT2D eigenvalue weighted by molar-refractivity contribution is 0.0769. The largest absolute Gasteiger partial charge is 0.387 e. The van der Waals surface area contributed by atoms with Gasteiger partial charge in [0.05, 0.1) is 17.0 Å². The normalized spacial score (nSPS) is 21.5. The van der Waals surface area contributed by atoms with E-state index in [1.165, 1.54) is 4.31 Å². The first-order valence-corrected chi connectivity index (χ1v) is 10.2. The van der Waals surface area contributed by atoms with Crippen molar-refractivity contribution in [2.24, 2.45) is 0 Å². The molecule has 1 aliphatic rings. The summed E-state index contributed by atoms with van der Waals surface area (Å²) in [5, 5.41) is 11.0. The zero-order chi connectivity index (χ0) is 18.9. The van der Waals surface area contributed by atoms with Gasteiger partial charge >= 0.3 is 0 Å². The molecule has 0 amide bonds. The Morgan fingerprint density at radius 2 is 1.63 bits per heavy atom. The van der Waals surface area contributed by atoms with Gasteiger partial charge in [-0.15, -0.1) is 0 Å². The van der Waals surface area contributed by atoms with E-state index < -0.39 is 22.2 Å². The lowest BCUT2D eigenvalue weighted by atomic mass is 9.95. The minimum Gasteiger partial charge on any atom is -0.387 e. The molecule has 1 N–H and O–H groups in total. The van der Waals surface area contributed by atoms with E-state index in [0.717, 1.165) is 11.1 Å². The van der Waals surface area contributed by atoms with Crippen molar-refractivity contribution in [1.82, 2.24) is 9.29 Å². The number of aliphatic hydroxyl groups excluding tert-OH is 1. The Labute approximate surface area is 159 Å². The number of hydrogen-bond acceptors (Lipinski definition) is 4. The van der Waals surface area contributed by atoms with Crippen molar-refractivity contribution in [3.63, 3.8) is 0 Å². The van der Waals surface area contributed by atoms with E-state index >= 15 is 0 Å². The number of hydrogen-bond donors (Lipinski definition) is 1. The minimum absolute atomic E-state index is 0.166. The number of pyridine rings is 1. The number of aliphatic hydroxyl groups is 1. The molecule has 138 valence electrons. The highest BCUT2D eigenvalue weighted by molar-refractivity contribution is 7.89. The Morgan fingerprint density at radius 1 is 0.926 bits per heavy atom. The Hall–Kier alpha value is -2.54. The fourth-order valence-corrected chi connectivity index (χ4v) is 5.43. The van der Waals surface area contributed by atoms with Gasteiger partial charge < -0.3 is 5.11 Å². The Bertz CT molecular complexity index is 1020. The first kappa shape index (κ1) is 17.9. The number of nitrogens with zero attached hydrogens (tertiary/aromatic N) is 2. The van der Waals surface area contributed by atoms with Gasteiger partial charge in [-0.25, -0.2) is 8.42 Å². The maximum absolute atomic E-state index is 13.3. The number of benzene rings is 2. The molecular weight excluding hydrogens is 360 g/mol. The third-order valence-corrected chi connectivity index (χ3v) is 6.85. The van der Waals surface area contributed by atoms with Crippen LogP contribution in [0.3, 0.4) is 0 Å². The minimum atomic E-state index is -3.74. The summed E-state index contributed by atoms with van der Waals surface area (Å²) in [7, 11) is -3.74. The van der Waals surface area contributed by atoms with Crippen LogP contribution in [0.5, 0.6) is 0 Å². The van der Waals surface area contributed by atoms with E-state index in [1.54, 1.807) is 42.7 Å². The van der Waals surface area contributed by atoms with E-state index in [4.69, 9.17) is 0 Å². The van der Waals surface area contributed by atoms with Crippen LogP contribution in [0.25, 0.3) is 0 Å². The molecule has 27 heavy (non-hydrogen) atoms. The van der Waals surface area contributed by atoms with Gasteiger partial charge in [-0.3, -0.25) is 4.98 Å². The van der Waals surface area contributed by atoms with Crippen LogP contribution in [0.4, 0.5) is 0 Å². The van der Waals surface area contributed by atoms with Gasteiger partial charge in [0.1, 0.15) is 0 Å². The zero-order valence-corrected chi connectivity index (χ0v) is 15.5. The van der Waals surface area contributed by atoms with Crippen molar-refractivity contribution in [3.05, 3.63) is 95.8 Å². The molecule has 0 unspecified atom stereocenters. The van der Waals surface area contributed by atoms with E-state index in [0.29, 0.717) is 12.0 Å². The van der Waals surface area contributed by atoms with Gasteiger partial charge in [0.15, 0.2) is 0 Å². The summed E-state index contributed by atoms with van der Waals surface area (Å²) >= 11 is 0. The van der Waals surface area contributed by atoms with Crippen molar-refractivity contribution in [1.29, 1.82) is 0 Å². The SMILES string of the molecule is O=S1(=O)c2ccccc2[C@@H](O)[C@H](Cc2ccccc2)N1Cc1cccnc1. The Morgan fingerprint density at radius 3 is 2.37 bits per heavy atom. The first-order chi connectivity index (χ1) is 13.1. The van der Waals surface area contributed by atoms with E-state index in [2.05, 4.69) is 4.98 Å². The molecule has 5 nitrogen and oxygen atoms in total. The molecule has 0 fully saturated rings. The standard InChI is InChI=1S/C21H20N2O3S/c24-21-18-10-4-5-11-20(18)27(25,26)23(15-17-9-6-12-22-14-17)19(21)13-16-7-2-1-3-8-16/h1-12,14,19,21,24H,13,15H2/t19-,21+/m0/s1. The van der Waals surface area contributed by atoms with Crippen molar-refractivity contribution in [2.45, 2.75) is 30.0 Å². The van der Waals surface area contributed by atoms with Crippen LogP contribution in [-0.4, -0.2) is 28.9 Å². The number of aromatic nitrogens is 1. The van der Waals surface area contributed by atoms with Crippen LogP contribution in [-0.2, 0) is 23.0 Å². The number of rotatable bonds is 4. The lowest BCUT2D eigenvalue weighted by Gasteiger charge is -2.39. The smallest absolute Gasteiger partial charge is 0.244 e. The van der Waals surface area contributed by atoms with E-state index in [-0.39, 0.29) is 11.4 Å². The molecule has 0 bridgehead atoms. The van der Waals surface area contributed by atoms with Crippen molar-refractivity contribution < 1.29 is 13.5 Å². The monoisotopic (exact) mass is 380 g/mol. The molecule has 4 rings (SSSR count). The second kappa shape index (κ2) is 7.23. The molecule has 2 atom stereocenters. The van der Waals surface area contributed by atoms with Crippen LogP contribution in [0.2, 0.25) is 0 Å². The number of sulfonamides is 1. The fraction of sp³-hybridized carbons (Fsp3) is 0.190. The molecule has 3 aromatic rings. The molecule has 0 spiro atoms. The summed E-state index contributed by atoms with van der Waals surface area (Å²) in [6, 6.07) is 19.4. The predicted molar refractivity (Wildman–Crippen MR) is 102 cm³/mol. The molecule has 2 heterocycles. The van der Waals surface area contributed by atoms with Gasteiger partial charge in [0.25, 0.3) is 0 Å². The Kier molecular flexibility index (Phi) is 4.78. The molecule has 1 aromatic heterocycles. The van der Waals surface area contributed by atoms with Gasteiger partial charge in [0, 0.05) is 24.5 Å². The summed E-state index contributed by atoms with van der Waals surface area (Å²) in [5.74, 6) is 0. The van der Waals surface area contributed by atoms with Crippen molar-refractivity contribution in [3.8, 4) is 0 Å². The van der Waals surface area contributed by atoms with Gasteiger partial charge in [-0.1, -0.05) is 54.6 Å². The van der Waals surface area contributed by atoms with Crippen molar-refractivity contribution in [2.75, 3.05) is 0 Å². The fourth-order valence-electron chi connectivity index (χ4n) is 3.57. The zero-order valence-electron chi connectivity index (χ0n) is 14.6. The highest BCUT2D eigenvalue weighted by Gasteiger charge is 2.43. The van der Waals surface area contributed by atoms with Crippen LogP contribution < -0.4 is 0 Å². The summed E-state index contributed by atoms with van der Waals surface area (Å²) < 4.78 is 28.1. The molecule has 2 aromatic carbocycles. The van der Waals surface area contributed by atoms with Crippen molar-refractivity contribution >= 4 is 10.0 Å². The third kappa shape index (κ3) is 3.39. The second-order valence-electron chi connectivity index (χ2n) is 6.65. The third-order valence-electron chi connectivity index (χ3n) is 4.91. The highest BCUT2D eigenvalue weighted by atomic mass is 32.2. The topological polar surface area (TPSA) is 70.5 Å². The summed E-state index contributed by atoms with van der Waals surface area (Å²) in [6.45, 7) is 0.166. The number of fused-ring (bicyclic) bond motifs is 1. The molecule has 0 radical (unpaired) electrons.